The van der Waals surface area contributed by atoms with Crippen LogP contribution in [0.5, 0.6) is 0 Å². The Bertz CT molecular complexity index is 915. The van der Waals surface area contributed by atoms with Gasteiger partial charge in [-0.25, -0.2) is 0 Å². The Labute approximate surface area is 163 Å². The topological polar surface area (TPSA) is 58.4 Å². The van der Waals surface area contributed by atoms with Gasteiger partial charge in [0.15, 0.2) is 5.58 Å². The van der Waals surface area contributed by atoms with Gasteiger partial charge in [-0.1, -0.05) is 41.0 Å². The van der Waals surface area contributed by atoms with E-state index in [-0.39, 0.29) is 18.4 Å². The number of hydrogen-bond acceptors (Lipinski definition) is 4. The molecular weight excluding hydrogens is 362 g/mol. The number of para-hydroxylation sites is 1. The summed E-state index contributed by atoms with van der Waals surface area (Å²) in [5.41, 5.74) is 2.68. The van der Waals surface area contributed by atoms with Crippen molar-refractivity contribution in [1.29, 1.82) is 0 Å². The standard InChI is InChI=1S/C21H22ClN3O2/c22-16-7-5-15(6-8-16)14-25-11-9-17(10-12-25)23-21(26)13-19-18-3-1-2-4-20(18)27-24-19/h1-8,17H,9-14H2,(H,23,26). The van der Waals surface area contributed by atoms with Gasteiger partial charge in [0.1, 0.15) is 5.69 Å². The number of hydrogen-bond donors (Lipinski definition) is 1. The molecule has 27 heavy (non-hydrogen) atoms. The van der Waals surface area contributed by atoms with Gasteiger partial charge < -0.3 is 9.84 Å². The minimum absolute atomic E-state index is 0.00482. The molecule has 0 saturated carbocycles. The molecule has 1 aliphatic heterocycles. The first kappa shape index (κ1) is 18.0. The van der Waals surface area contributed by atoms with Crippen LogP contribution in [0, 0.1) is 0 Å². The Morgan fingerprint density at radius 2 is 1.89 bits per heavy atom. The molecule has 6 heteroatoms. The van der Waals surface area contributed by atoms with Gasteiger partial charge in [-0.2, -0.15) is 0 Å². The molecule has 5 nitrogen and oxygen atoms in total. The fraction of sp³-hybridized carbons (Fsp3) is 0.333. The van der Waals surface area contributed by atoms with Crippen molar-refractivity contribution in [3.63, 3.8) is 0 Å². The van der Waals surface area contributed by atoms with Crippen molar-refractivity contribution < 1.29 is 9.32 Å². The van der Waals surface area contributed by atoms with E-state index >= 15 is 0 Å². The summed E-state index contributed by atoms with van der Waals surface area (Å²) in [6.07, 6.45) is 2.17. The number of benzene rings is 2. The second-order valence-corrected chi connectivity index (χ2v) is 7.48. The summed E-state index contributed by atoms with van der Waals surface area (Å²) >= 11 is 5.94. The van der Waals surface area contributed by atoms with Crippen LogP contribution in [-0.4, -0.2) is 35.1 Å². The number of rotatable bonds is 5. The molecule has 140 valence electrons. The number of aromatic nitrogens is 1. The summed E-state index contributed by atoms with van der Waals surface area (Å²) in [6.45, 7) is 2.86. The first-order valence-corrected chi connectivity index (χ1v) is 9.64. The minimum atomic E-state index is 0.00482. The molecule has 1 fully saturated rings. The van der Waals surface area contributed by atoms with Crippen LogP contribution in [0.25, 0.3) is 11.0 Å². The zero-order chi connectivity index (χ0) is 18.6. The van der Waals surface area contributed by atoms with E-state index in [1.165, 1.54) is 5.56 Å². The van der Waals surface area contributed by atoms with Gasteiger partial charge in [0, 0.05) is 36.1 Å². The highest BCUT2D eigenvalue weighted by molar-refractivity contribution is 6.30. The maximum Gasteiger partial charge on any atom is 0.226 e. The van der Waals surface area contributed by atoms with E-state index in [0.717, 1.165) is 48.5 Å². The van der Waals surface area contributed by atoms with Crippen molar-refractivity contribution in [3.05, 3.63) is 64.8 Å². The van der Waals surface area contributed by atoms with E-state index in [1.54, 1.807) is 0 Å². The second kappa shape index (κ2) is 8.11. The largest absolute Gasteiger partial charge is 0.356 e. The molecule has 2 heterocycles. The van der Waals surface area contributed by atoms with Crippen molar-refractivity contribution in [2.24, 2.45) is 0 Å². The van der Waals surface area contributed by atoms with E-state index < -0.39 is 0 Å². The number of carbonyl (C=O) groups is 1. The number of amides is 1. The molecule has 0 unspecified atom stereocenters. The smallest absolute Gasteiger partial charge is 0.226 e. The lowest BCUT2D eigenvalue weighted by Crippen LogP contribution is -2.44. The van der Waals surface area contributed by atoms with Crippen LogP contribution in [0.2, 0.25) is 5.02 Å². The molecule has 0 atom stereocenters. The summed E-state index contributed by atoms with van der Waals surface area (Å²) < 4.78 is 5.27. The number of halogens is 1. The van der Waals surface area contributed by atoms with Crippen LogP contribution in [0.15, 0.2) is 53.1 Å². The van der Waals surface area contributed by atoms with Crippen molar-refractivity contribution in [1.82, 2.24) is 15.4 Å². The highest BCUT2D eigenvalue weighted by Crippen LogP contribution is 2.19. The third kappa shape index (κ3) is 4.49. The van der Waals surface area contributed by atoms with Crippen molar-refractivity contribution in [2.45, 2.75) is 31.8 Å². The zero-order valence-corrected chi connectivity index (χ0v) is 15.8. The Balaban J connectivity index is 1.26. The molecule has 1 N–H and O–H groups in total. The first-order valence-electron chi connectivity index (χ1n) is 9.27. The molecule has 1 aliphatic rings. The highest BCUT2D eigenvalue weighted by atomic mass is 35.5. The van der Waals surface area contributed by atoms with E-state index in [1.807, 2.05) is 36.4 Å². The van der Waals surface area contributed by atoms with E-state index in [4.69, 9.17) is 16.1 Å². The SMILES string of the molecule is O=C(Cc1noc2ccccc12)NC1CCN(Cc2ccc(Cl)cc2)CC1. The van der Waals surface area contributed by atoms with Gasteiger partial charge in [-0.05, 0) is 42.7 Å². The van der Waals surface area contributed by atoms with Crippen molar-refractivity contribution >= 4 is 28.5 Å². The van der Waals surface area contributed by atoms with E-state index in [0.29, 0.717) is 5.69 Å². The normalized spacial score (nSPS) is 15.9. The number of piperidine rings is 1. The zero-order valence-electron chi connectivity index (χ0n) is 15.0. The molecular formula is C21H22ClN3O2. The monoisotopic (exact) mass is 383 g/mol. The third-order valence-electron chi connectivity index (χ3n) is 5.05. The van der Waals surface area contributed by atoms with Crippen LogP contribution in [0.3, 0.4) is 0 Å². The molecule has 0 bridgehead atoms. The summed E-state index contributed by atoms with van der Waals surface area (Å²) in [4.78, 5) is 14.8. The highest BCUT2D eigenvalue weighted by Gasteiger charge is 2.21. The molecule has 1 saturated heterocycles. The van der Waals surface area contributed by atoms with Crippen LogP contribution < -0.4 is 5.32 Å². The molecule has 4 rings (SSSR count). The average Bonchev–Trinajstić information content (AvgIpc) is 3.08. The number of likely N-dealkylation sites (tertiary alicyclic amines) is 1. The van der Waals surface area contributed by atoms with Crippen LogP contribution in [0.1, 0.15) is 24.1 Å². The molecule has 0 radical (unpaired) electrons. The Hall–Kier alpha value is -2.37. The lowest BCUT2D eigenvalue weighted by Gasteiger charge is -2.32. The maximum atomic E-state index is 12.4. The van der Waals surface area contributed by atoms with E-state index in [2.05, 4.69) is 27.5 Å². The molecule has 0 spiro atoms. The maximum absolute atomic E-state index is 12.4. The van der Waals surface area contributed by atoms with Crippen LogP contribution >= 0.6 is 11.6 Å². The third-order valence-corrected chi connectivity index (χ3v) is 5.30. The predicted octanol–water partition coefficient (Wildman–Crippen LogP) is 3.80. The van der Waals surface area contributed by atoms with Gasteiger partial charge in [0.25, 0.3) is 0 Å². The van der Waals surface area contributed by atoms with Gasteiger partial charge in [-0.15, -0.1) is 0 Å². The van der Waals surface area contributed by atoms with Gasteiger partial charge in [0.05, 0.1) is 6.42 Å². The summed E-state index contributed by atoms with van der Waals surface area (Å²) in [5, 5.41) is 8.86. The van der Waals surface area contributed by atoms with Gasteiger partial charge in [-0.3, -0.25) is 9.69 Å². The Morgan fingerprint density at radius 1 is 1.15 bits per heavy atom. The first-order chi connectivity index (χ1) is 13.2. The summed E-state index contributed by atoms with van der Waals surface area (Å²) in [5.74, 6) is 0.00482. The Morgan fingerprint density at radius 3 is 2.67 bits per heavy atom. The van der Waals surface area contributed by atoms with E-state index in [9.17, 15) is 4.79 Å². The average molecular weight is 384 g/mol. The summed E-state index contributed by atoms with van der Waals surface area (Å²) in [6, 6.07) is 15.8. The molecule has 0 aliphatic carbocycles. The predicted molar refractivity (Wildman–Crippen MR) is 106 cm³/mol. The van der Waals surface area contributed by atoms with Gasteiger partial charge >= 0.3 is 0 Å². The number of fused-ring (bicyclic) bond motifs is 1. The minimum Gasteiger partial charge on any atom is -0.356 e. The fourth-order valence-corrected chi connectivity index (χ4v) is 3.71. The molecule has 1 aromatic heterocycles. The molecule has 3 aromatic rings. The molecule has 2 aromatic carbocycles. The Kier molecular flexibility index (Phi) is 5.41. The number of nitrogens with zero attached hydrogens (tertiary/aromatic N) is 2. The van der Waals surface area contributed by atoms with Crippen LogP contribution in [0.4, 0.5) is 0 Å². The number of carbonyl (C=O) groups excluding carboxylic acids is 1. The number of nitrogens with one attached hydrogen (secondary N) is 1. The fourth-order valence-electron chi connectivity index (χ4n) is 3.58. The van der Waals surface area contributed by atoms with Crippen molar-refractivity contribution in [2.75, 3.05) is 13.1 Å². The van der Waals surface area contributed by atoms with Crippen LogP contribution in [-0.2, 0) is 17.8 Å². The lowest BCUT2D eigenvalue weighted by molar-refractivity contribution is -0.121. The summed E-state index contributed by atoms with van der Waals surface area (Å²) in [7, 11) is 0. The van der Waals surface area contributed by atoms with Crippen molar-refractivity contribution in [3.8, 4) is 0 Å². The quantitative estimate of drug-likeness (QED) is 0.728. The lowest BCUT2D eigenvalue weighted by atomic mass is 10.0. The van der Waals surface area contributed by atoms with Gasteiger partial charge in [0.2, 0.25) is 5.91 Å². The second-order valence-electron chi connectivity index (χ2n) is 7.05. The molecule has 1 amide bonds.